The molecule has 1 aromatic rings. The molecule has 0 fully saturated rings. The molecule has 0 spiro atoms. The molecule has 0 aliphatic heterocycles. The van der Waals surface area contributed by atoms with E-state index in [1.807, 2.05) is 0 Å². The Morgan fingerprint density at radius 3 is 2.26 bits per heavy atom. The van der Waals surface area contributed by atoms with Crippen LogP contribution in [-0.2, 0) is 5.41 Å². The Labute approximate surface area is 118 Å². The first-order valence-corrected chi connectivity index (χ1v) is 7.30. The van der Waals surface area contributed by atoms with Crippen LogP contribution < -0.4 is 11.1 Å². The highest BCUT2D eigenvalue weighted by Gasteiger charge is 2.15. The maximum absolute atomic E-state index is 5.82. The number of anilines is 1. The summed E-state index contributed by atoms with van der Waals surface area (Å²) in [5.74, 6) is 1.15. The summed E-state index contributed by atoms with van der Waals surface area (Å²) in [7, 11) is 0. The fraction of sp³-hybridized carbons (Fsp3) is 0.647. The van der Waals surface area contributed by atoms with Gasteiger partial charge in [0.25, 0.3) is 0 Å². The smallest absolute Gasteiger partial charge is 0.0370 e. The van der Waals surface area contributed by atoms with E-state index < -0.39 is 0 Å². The number of rotatable bonds is 5. The van der Waals surface area contributed by atoms with Gasteiger partial charge >= 0.3 is 0 Å². The summed E-state index contributed by atoms with van der Waals surface area (Å²) in [4.78, 5) is 0. The molecule has 0 radical (unpaired) electrons. The molecule has 2 nitrogen and oxygen atoms in total. The molecule has 19 heavy (non-hydrogen) atoms. The van der Waals surface area contributed by atoms with Crippen molar-refractivity contribution in [2.24, 2.45) is 17.6 Å². The summed E-state index contributed by atoms with van der Waals surface area (Å²) in [5, 5.41) is 3.54. The molecule has 1 aromatic carbocycles. The Hall–Kier alpha value is -1.02. The van der Waals surface area contributed by atoms with E-state index in [4.69, 9.17) is 5.73 Å². The number of hydrogen-bond acceptors (Lipinski definition) is 2. The van der Waals surface area contributed by atoms with Crippen molar-refractivity contribution in [3.8, 4) is 0 Å². The number of aryl methyl sites for hydroxylation is 1. The van der Waals surface area contributed by atoms with Gasteiger partial charge in [-0.2, -0.15) is 0 Å². The van der Waals surface area contributed by atoms with E-state index >= 15 is 0 Å². The molecular weight excluding hydrogens is 232 g/mol. The molecule has 0 saturated carbocycles. The summed E-state index contributed by atoms with van der Waals surface area (Å²) >= 11 is 0. The Kier molecular flexibility index (Phi) is 5.42. The summed E-state index contributed by atoms with van der Waals surface area (Å²) in [5.41, 5.74) is 9.95. The second-order valence-corrected chi connectivity index (χ2v) is 6.90. The topological polar surface area (TPSA) is 38.0 Å². The summed E-state index contributed by atoms with van der Waals surface area (Å²) in [6.45, 7) is 15.1. The van der Waals surface area contributed by atoms with Gasteiger partial charge in [0.05, 0.1) is 0 Å². The van der Waals surface area contributed by atoms with Gasteiger partial charge in [-0.3, -0.25) is 0 Å². The third-order valence-corrected chi connectivity index (χ3v) is 3.89. The minimum Gasteiger partial charge on any atom is -0.384 e. The van der Waals surface area contributed by atoms with Gasteiger partial charge in [0, 0.05) is 12.2 Å². The lowest BCUT2D eigenvalue weighted by Crippen LogP contribution is -2.27. The fourth-order valence-corrected chi connectivity index (χ4v) is 2.16. The van der Waals surface area contributed by atoms with Gasteiger partial charge in [-0.25, -0.2) is 0 Å². The van der Waals surface area contributed by atoms with Crippen LogP contribution in [0, 0.1) is 18.8 Å². The van der Waals surface area contributed by atoms with Gasteiger partial charge in [-0.05, 0) is 47.9 Å². The largest absolute Gasteiger partial charge is 0.384 e. The molecule has 1 rings (SSSR count). The molecule has 0 aliphatic carbocycles. The zero-order chi connectivity index (χ0) is 14.6. The van der Waals surface area contributed by atoms with Crippen molar-refractivity contribution in [2.75, 3.05) is 18.4 Å². The first-order valence-electron chi connectivity index (χ1n) is 7.30. The van der Waals surface area contributed by atoms with Crippen LogP contribution in [-0.4, -0.2) is 13.1 Å². The van der Waals surface area contributed by atoms with E-state index in [-0.39, 0.29) is 5.41 Å². The van der Waals surface area contributed by atoms with Crippen LogP contribution in [0.1, 0.15) is 45.7 Å². The van der Waals surface area contributed by atoms with Crippen LogP contribution in [0.15, 0.2) is 18.2 Å². The van der Waals surface area contributed by atoms with Crippen LogP contribution in [0.5, 0.6) is 0 Å². The summed E-state index contributed by atoms with van der Waals surface area (Å²) in [6.07, 6.45) is 0. The van der Waals surface area contributed by atoms with Gasteiger partial charge in [0.15, 0.2) is 0 Å². The molecule has 0 heterocycles. The first kappa shape index (κ1) is 16.0. The molecule has 0 amide bonds. The standard InChI is InChI=1S/C17H30N2/c1-12(2)14(10-18)11-19-16-8-7-15(9-13(16)3)17(4,5)6/h7-9,12,14,19H,10-11,18H2,1-6H3. The highest BCUT2D eigenvalue weighted by atomic mass is 14.9. The zero-order valence-corrected chi connectivity index (χ0v) is 13.4. The number of hydrogen-bond donors (Lipinski definition) is 2. The summed E-state index contributed by atoms with van der Waals surface area (Å²) in [6, 6.07) is 6.71. The third kappa shape index (κ3) is 4.54. The number of nitrogens with one attached hydrogen (secondary N) is 1. The van der Waals surface area contributed by atoms with E-state index in [1.54, 1.807) is 0 Å². The van der Waals surface area contributed by atoms with Crippen molar-refractivity contribution < 1.29 is 0 Å². The molecule has 1 atom stereocenters. The fourth-order valence-electron chi connectivity index (χ4n) is 2.16. The maximum Gasteiger partial charge on any atom is 0.0370 e. The van der Waals surface area contributed by atoms with E-state index in [0.29, 0.717) is 11.8 Å². The predicted molar refractivity (Wildman–Crippen MR) is 85.8 cm³/mol. The number of nitrogens with two attached hydrogens (primary N) is 1. The zero-order valence-electron chi connectivity index (χ0n) is 13.4. The van der Waals surface area contributed by atoms with Gasteiger partial charge in [0.2, 0.25) is 0 Å². The van der Waals surface area contributed by atoms with Crippen LogP contribution in [0.25, 0.3) is 0 Å². The lowest BCUT2D eigenvalue weighted by atomic mass is 9.86. The molecule has 2 heteroatoms. The van der Waals surface area contributed by atoms with E-state index in [1.165, 1.54) is 16.8 Å². The quantitative estimate of drug-likeness (QED) is 0.843. The lowest BCUT2D eigenvalue weighted by molar-refractivity contribution is 0.413. The highest BCUT2D eigenvalue weighted by Crippen LogP contribution is 2.26. The Morgan fingerprint density at radius 1 is 1.21 bits per heavy atom. The maximum atomic E-state index is 5.82. The van der Waals surface area contributed by atoms with Crippen LogP contribution in [0.4, 0.5) is 5.69 Å². The molecule has 0 aromatic heterocycles. The minimum atomic E-state index is 0.209. The van der Waals surface area contributed by atoms with Gasteiger partial charge in [-0.1, -0.05) is 46.8 Å². The SMILES string of the molecule is Cc1cc(C(C)(C)C)ccc1NCC(CN)C(C)C. The number of benzene rings is 1. The van der Waals surface area contributed by atoms with E-state index in [9.17, 15) is 0 Å². The van der Waals surface area contributed by atoms with Crippen molar-refractivity contribution >= 4 is 5.69 Å². The molecule has 0 aliphatic rings. The average Bonchev–Trinajstić information content (AvgIpc) is 2.29. The Bertz CT molecular complexity index is 402. The van der Waals surface area contributed by atoms with Crippen molar-refractivity contribution in [3.05, 3.63) is 29.3 Å². The van der Waals surface area contributed by atoms with E-state index in [0.717, 1.165) is 13.1 Å². The first-order chi connectivity index (χ1) is 8.75. The highest BCUT2D eigenvalue weighted by molar-refractivity contribution is 5.53. The van der Waals surface area contributed by atoms with Crippen molar-refractivity contribution in [1.82, 2.24) is 0 Å². The van der Waals surface area contributed by atoms with Crippen molar-refractivity contribution in [2.45, 2.75) is 47.0 Å². The van der Waals surface area contributed by atoms with Crippen LogP contribution in [0.2, 0.25) is 0 Å². The molecule has 1 unspecified atom stereocenters. The molecule has 3 N–H and O–H groups in total. The Balaban J connectivity index is 2.76. The molecule has 0 saturated heterocycles. The van der Waals surface area contributed by atoms with Crippen LogP contribution >= 0.6 is 0 Å². The normalized spacial score (nSPS) is 13.7. The summed E-state index contributed by atoms with van der Waals surface area (Å²) < 4.78 is 0. The van der Waals surface area contributed by atoms with Gasteiger partial charge < -0.3 is 11.1 Å². The van der Waals surface area contributed by atoms with Crippen molar-refractivity contribution in [1.29, 1.82) is 0 Å². The minimum absolute atomic E-state index is 0.209. The monoisotopic (exact) mass is 262 g/mol. The second-order valence-electron chi connectivity index (χ2n) is 6.90. The average molecular weight is 262 g/mol. The van der Waals surface area contributed by atoms with Crippen molar-refractivity contribution in [3.63, 3.8) is 0 Å². The molecular formula is C17H30N2. The third-order valence-electron chi connectivity index (χ3n) is 3.89. The predicted octanol–water partition coefficient (Wildman–Crippen LogP) is 3.94. The molecule has 0 bridgehead atoms. The van der Waals surface area contributed by atoms with Gasteiger partial charge in [-0.15, -0.1) is 0 Å². The molecule has 108 valence electrons. The van der Waals surface area contributed by atoms with Gasteiger partial charge in [0.1, 0.15) is 0 Å². The Morgan fingerprint density at radius 2 is 1.84 bits per heavy atom. The lowest BCUT2D eigenvalue weighted by Gasteiger charge is -2.23. The van der Waals surface area contributed by atoms with E-state index in [2.05, 4.69) is 65.1 Å². The van der Waals surface area contributed by atoms with Crippen LogP contribution in [0.3, 0.4) is 0 Å². The second kappa shape index (κ2) is 6.42.